The molecule has 2 aromatic rings. The van der Waals surface area contributed by atoms with Crippen LogP contribution in [0, 0.1) is 0 Å². The molecule has 0 saturated heterocycles. The molecule has 2 rings (SSSR count). The Hall–Kier alpha value is -1.77. The van der Waals surface area contributed by atoms with E-state index in [9.17, 15) is 4.79 Å². The van der Waals surface area contributed by atoms with Crippen LogP contribution < -0.4 is 5.69 Å². The summed E-state index contributed by atoms with van der Waals surface area (Å²) < 4.78 is 1.72. The summed E-state index contributed by atoms with van der Waals surface area (Å²) in [6.45, 7) is 6.03. The monoisotopic (exact) mass is 216 g/mol. The maximum Gasteiger partial charge on any atom is 0.326 e. The van der Waals surface area contributed by atoms with Crippen LogP contribution in [0.2, 0.25) is 0 Å². The average molecular weight is 216 g/mol. The minimum absolute atomic E-state index is 0.0636. The number of nitrogens with zero attached hydrogens (tertiary/aromatic N) is 1. The van der Waals surface area contributed by atoms with Crippen molar-refractivity contribution in [1.29, 1.82) is 0 Å². The summed E-state index contributed by atoms with van der Waals surface area (Å²) in [6, 6.07) is 9.85. The van der Waals surface area contributed by atoms with Crippen molar-refractivity contribution in [1.82, 2.24) is 9.55 Å². The molecule has 1 aromatic carbocycles. The molecule has 0 amide bonds. The second-order valence-electron chi connectivity index (χ2n) is 4.88. The maximum atomic E-state index is 11.8. The predicted octanol–water partition coefficient (Wildman–Crippen LogP) is 2.60. The second-order valence-corrected chi connectivity index (χ2v) is 4.88. The molecule has 1 heterocycles. The van der Waals surface area contributed by atoms with Crippen molar-refractivity contribution < 1.29 is 0 Å². The van der Waals surface area contributed by atoms with Crippen LogP contribution in [0.15, 0.2) is 41.3 Å². The van der Waals surface area contributed by atoms with Crippen LogP contribution >= 0.6 is 0 Å². The van der Waals surface area contributed by atoms with E-state index >= 15 is 0 Å². The normalized spacial score (nSPS) is 11.7. The number of aromatic nitrogens is 2. The Morgan fingerprint density at radius 3 is 2.25 bits per heavy atom. The number of benzene rings is 1. The summed E-state index contributed by atoms with van der Waals surface area (Å²) in [4.78, 5) is 14.6. The van der Waals surface area contributed by atoms with Crippen LogP contribution in [0.4, 0.5) is 0 Å². The van der Waals surface area contributed by atoms with Gasteiger partial charge in [0.2, 0.25) is 0 Å². The van der Waals surface area contributed by atoms with Gasteiger partial charge in [-0.15, -0.1) is 0 Å². The molecule has 0 aliphatic carbocycles. The van der Waals surface area contributed by atoms with Gasteiger partial charge < -0.3 is 4.98 Å². The van der Waals surface area contributed by atoms with Crippen molar-refractivity contribution in [2.45, 2.75) is 26.3 Å². The van der Waals surface area contributed by atoms with Crippen molar-refractivity contribution in [3.63, 3.8) is 0 Å². The Kier molecular flexibility index (Phi) is 2.46. The Balaban J connectivity index is 2.51. The SMILES string of the molecule is CC(C)(C)n1cc(-c2ccccc2)[nH]c1=O. The minimum Gasteiger partial charge on any atom is -0.306 e. The average Bonchev–Trinajstić information content (AvgIpc) is 2.61. The van der Waals surface area contributed by atoms with Gasteiger partial charge in [-0.05, 0) is 26.3 Å². The molecule has 3 nitrogen and oxygen atoms in total. The predicted molar refractivity (Wildman–Crippen MR) is 65.5 cm³/mol. The van der Waals surface area contributed by atoms with Crippen molar-refractivity contribution >= 4 is 0 Å². The molecule has 84 valence electrons. The van der Waals surface area contributed by atoms with Gasteiger partial charge in [0.05, 0.1) is 5.69 Å². The zero-order valence-electron chi connectivity index (χ0n) is 9.82. The number of rotatable bonds is 1. The second kappa shape index (κ2) is 3.67. The van der Waals surface area contributed by atoms with Crippen LogP contribution in [0.3, 0.4) is 0 Å². The van der Waals surface area contributed by atoms with Crippen LogP contribution in [-0.2, 0) is 5.54 Å². The lowest BCUT2D eigenvalue weighted by Crippen LogP contribution is -2.31. The first-order valence-electron chi connectivity index (χ1n) is 5.36. The zero-order chi connectivity index (χ0) is 11.8. The summed E-state index contributed by atoms with van der Waals surface area (Å²) in [7, 11) is 0. The number of hydrogen-bond acceptors (Lipinski definition) is 1. The topological polar surface area (TPSA) is 37.8 Å². The molecular weight excluding hydrogens is 200 g/mol. The molecule has 0 radical (unpaired) electrons. The van der Waals surface area contributed by atoms with E-state index in [2.05, 4.69) is 4.98 Å². The minimum atomic E-state index is -0.194. The van der Waals surface area contributed by atoms with Gasteiger partial charge in [0, 0.05) is 11.7 Å². The molecule has 0 aliphatic rings. The molecule has 16 heavy (non-hydrogen) atoms. The summed E-state index contributed by atoms with van der Waals surface area (Å²) in [5.41, 5.74) is 1.63. The Morgan fingerprint density at radius 2 is 1.75 bits per heavy atom. The highest BCUT2D eigenvalue weighted by Crippen LogP contribution is 2.18. The summed E-state index contributed by atoms with van der Waals surface area (Å²) in [6.07, 6.45) is 1.87. The zero-order valence-corrected chi connectivity index (χ0v) is 9.82. The first kappa shape index (κ1) is 10.7. The number of imidazole rings is 1. The van der Waals surface area contributed by atoms with E-state index in [0.717, 1.165) is 11.3 Å². The molecule has 0 bridgehead atoms. The van der Waals surface area contributed by atoms with Gasteiger partial charge in [0.25, 0.3) is 0 Å². The first-order valence-corrected chi connectivity index (χ1v) is 5.36. The van der Waals surface area contributed by atoms with Crippen LogP contribution in [-0.4, -0.2) is 9.55 Å². The lowest BCUT2D eigenvalue weighted by molar-refractivity contribution is 0.385. The van der Waals surface area contributed by atoms with Crippen LogP contribution in [0.25, 0.3) is 11.3 Å². The Bertz CT molecular complexity index is 529. The third kappa shape index (κ3) is 1.94. The number of aromatic amines is 1. The standard InChI is InChI=1S/C13H16N2O/c1-13(2,3)15-9-11(14-12(15)16)10-7-5-4-6-8-10/h4-9H,1-3H3,(H,14,16). The lowest BCUT2D eigenvalue weighted by atomic mass is 10.1. The van der Waals surface area contributed by atoms with Gasteiger partial charge in [0.15, 0.2) is 0 Å². The summed E-state index contributed by atoms with van der Waals surface area (Å²) in [5.74, 6) is 0. The van der Waals surface area contributed by atoms with Crippen LogP contribution in [0.5, 0.6) is 0 Å². The van der Waals surface area contributed by atoms with Gasteiger partial charge in [-0.25, -0.2) is 4.79 Å². The van der Waals surface area contributed by atoms with Gasteiger partial charge in [-0.3, -0.25) is 4.57 Å². The molecule has 0 aliphatic heterocycles. The molecule has 0 saturated carbocycles. The van der Waals surface area contributed by atoms with E-state index in [0.29, 0.717) is 0 Å². The van der Waals surface area contributed by atoms with E-state index in [4.69, 9.17) is 0 Å². The van der Waals surface area contributed by atoms with Gasteiger partial charge in [-0.1, -0.05) is 30.3 Å². The van der Waals surface area contributed by atoms with E-state index in [1.54, 1.807) is 4.57 Å². The highest BCUT2D eigenvalue weighted by Gasteiger charge is 2.16. The van der Waals surface area contributed by atoms with Gasteiger partial charge in [-0.2, -0.15) is 0 Å². The largest absolute Gasteiger partial charge is 0.326 e. The first-order chi connectivity index (χ1) is 7.48. The van der Waals surface area contributed by atoms with Crippen molar-refractivity contribution in [3.8, 4) is 11.3 Å². The molecule has 3 heteroatoms. The highest BCUT2D eigenvalue weighted by atomic mass is 16.1. The Labute approximate surface area is 94.7 Å². The fourth-order valence-electron chi connectivity index (χ4n) is 1.66. The quantitative estimate of drug-likeness (QED) is 0.781. The number of nitrogens with one attached hydrogen (secondary N) is 1. The molecule has 1 aromatic heterocycles. The molecule has 0 atom stereocenters. The third-order valence-electron chi connectivity index (χ3n) is 2.53. The van der Waals surface area contributed by atoms with Gasteiger partial charge in [0.1, 0.15) is 0 Å². The molecule has 0 fully saturated rings. The molecule has 1 N–H and O–H groups in total. The van der Waals surface area contributed by atoms with Crippen molar-refractivity contribution in [2.75, 3.05) is 0 Å². The highest BCUT2D eigenvalue weighted by molar-refractivity contribution is 5.57. The Morgan fingerprint density at radius 1 is 1.12 bits per heavy atom. The maximum absolute atomic E-state index is 11.8. The van der Waals surface area contributed by atoms with Crippen LogP contribution in [0.1, 0.15) is 20.8 Å². The van der Waals surface area contributed by atoms with Gasteiger partial charge >= 0.3 is 5.69 Å². The number of hydrogen-bond donors (Lipinski definition) is 1. The fraction of sp³-hybridized carbons (Fsp3) is 0.308. The summed E-state index contributed by atoms with van der Waals surface area (Å²) in [5, 5.41) is 0. The fourth-order valence-corrected chi connectivity index (χ4v) is 1.66. The van der Waals surface area contributed by atoms with Crippen molar-refractivity contribution in [2.24, 2.45) is 0 Å². The van der Waals surface area contributed by atoms with E-state index in [1.165, 1.54) is 0 Å². The number of H-pyrrole nitrogens is 1. The van der Waals surface area contributed by atoms with Crippen molar-refractivity contribution in [3.05, 3.63) is 47.0 Å². The molecule has 0 unspecified atom stereocenters. The smallest absolute Gasteiger partial charge is 0.306 e. The van der Waals surface area contributed by atoms with E-state index < -0.39 is 0 Å². The molecule has 0 spiro atoms. The third-order valence-corrected chi connectivity index (χ3v) is 2.53. The molecular formula is C13H16N2O. The van der Waals surface area contributed by atoms with E-state index in [-0.39, 0.29) is 11.2 Å². The summed E-state index contributed by atoms with van der Waals surface area (Å²) >= 11 is 0. The van der Waals surface area contributed by atoms with E-state index in [1.807, 2.05) is 57.3 Å². The lowest BCUT2D eigenvalue weighted by Gasteiger charge is -2.18.